The second-order valence-electron chi connectivity index (χ2n) is 4.06. The summed E-state index contributed by atoms with van der Waals surface area (Å²) in [4.78, 5) is 23.5. The average Bonchev–Trinajstić information content (AvgIpc) is 2.32. The minimum Gasteiger partial charge on any atom is -0.303 e. The third kappa shape index (κ3) is 2.20. The predicted octanol–water partition coefficient (Wildman–Crippen LogP) is 0.904. The van der Waals surface area contributed by atoms with Crippen LogP contribution in [0.4, 0.5) is 0 Å². The van der Waals surface area contributed by atoms with Gasteiger partial charge in [0.25, 0.3) is 5.56 Å². The maximum atomic E-state index is 11.8. The Morgan fingerprint density at radius 2 is 1.82 bits per heavy atom. The highest BCUT2D eigenvalue weighted by Gasteiger charge is 2.05. The van der Waals surface area contributed by atoms with Crippen molar-refractivity contribution in [3.05, 3.63) is 68.5 Å². The van der Waals surface area contributed by atoms with Crippen molar-refractivity contribution in [1.29, 1.82) is 0 Å². The van der Waals surface area contributed by atoms with Crippen LogP contribution in [0.1, 0.15) is 11.1 Å². The molecule has 0 saturated carbocycles. The van der Waals surface area contributed by atoms with E-state index in [-0.39, 0.29) is 11.2 Å². The maximum Gasteiger partial charge on any atom is 0.331 e. The van der Waals surface area contributed by atoms with Crippen LogP contribution in [-0.2, 0) is 13.6 Å². The van der Waals surface area contributed by atoms with Crippen molar-refractivity contribution in [2.45, 2.75) is 13.5 Å². The topological polar surface area (TPSA) is 44.0 Å². The number of aryl methyl sites for hydroxylation is 2. The van der Waals surface area contributed by atoms with Gasteiger partial charge in [-0.15, -0.1) is 0 Å². The maximum absolute atomic E-state index is 11.8. The molecule has 0 aliphatic carbocycles. The van der Waals surface area contributed by atoms with Gasteiger partial charge in [-0.1, -0.05) is 24.3 Å². The minimum absolute atomic E-state index is 0.267. The normalized spacial score (nSPS) is 10.5. The van der Waals surface area contributed by atoms with Crippen LogP contribution in [0.2, 0.25) is 0 Å². The van der Waals surface area contributed by atoms with E-state index >= 15 is 0 Å². The SMILES string of the molecule is Cc1ccccc1Cn1c(=O)ccn(C)c1=O. The van der Waals surface area contributed by atoms with E-state index in [0.29, 0.717) is 6.54 Å². The minimum atomic E-state index is -0.291. The first kappa shape index (κ1) is 11.4. The quantitative estimate of drug-likeness (QED) is 0.769. The van der Waals surface area contributed by atoms with Crippen LogP contribution in [0.3, 0.4) is 0 Å². The summed E-state index contributed by atoms with van der Waals surface area (Å²) in [7, 11) is 1.64. The summed E-state index contributed by atoms with van der Waals surface area (Å²) in [6, 6.07) is 9.13. The molecule has 2 aromatic rings. The third-order valence-corrected chi connectivity index (χ3v) is 2.83. The number of benzene rings is 1. The molecule has 0 bridgehead atoms. The molecule has 0 aliphatic rings. The van der Waals surface area contributed by atoms with Gasteiger partial charge in [-0.2, -0.15) is 0 Å². The van der Waals surface area contributed by atoms with Crippen molar-refractivity contribution in [2.24, 2.45) is 7.05 Å². The van der Waals surface area contributed by atoms with E-state index in [1.807, 2.05) is 31.2 Å². The third-order valence-electron chi connectivity index (χ3n) is 2.83. The van der Waals surface area contributed by atoms with E-state index in [0.717, 1.165) is 11.1 Å². The summed E-state index contributed by atoms with van der Waals surface area (Å²) >= 11 is 0. The van der Waals surface area contributed by atoms with Gasteiger partial charge in [-0.3, -0.25) is 9.36 Å². The molecule has 0 N–H and O–H groups in total. The van der Waals surface area contributed by atoms with Crippen LogP contribution in [0.15, 0.2) is 46.1 Å². The molecule has 0 radical (unpaired) electrons. The van der Waals surface area contributed by atoms with Gasteiger partial charge in [-0.25, -0.2) is 4.79 Å². The number of rotatable bonds is 2. The van der Waals surface area contributed by atoms with Gasteiger partial charge in [0, 0.05) is 19.3 Å². The molecule has 1 heterocycles. The molecule has 0 spiro atoms. The van der Waals surface area contributed by atoms with Crippen molar-refractivity contribution >= 4 is 0 Å². The summed E-state index contributed by atoms with van der Waals surface area (Å²) in [5.74, 6) is 0. The van der Waals surface area contributed by atoms with Crippen LogP contribution in [0.25, 0.3) is 0 Å². The number of nitrogens with zero attached hydrogens (tertiary/aromatic N) is 2. The Morgan fingerprint density at radius 1 is 1.12 bits per heavy atom. The van der Waals surface area contributed by atoms with Crippen LogP contribution in [-0.4, -0.2) is 9.13 Å². The average molecular weight is 230 g/mol. The first-order chi connectivity index (χ1) is 8.09. The molecule has 4 nitrogen and oxygen atoms in total. The lowest BCUT2D eigenvalue weighted by atomic mass is 10.1. The zero-order valence-electron chi connectivity index (χ0n) is 9.88. The molecule has 1 aromatic heterocycles. The summed E-state index contributed by atoms with van der Waals surface area (Å²) in [5.41, 5.74) is 1.50. The molecular weight excluding hydrogens is 216 g/mol. The van der Waals surface area contributed by atoms with Crippen LogP contribution < -0.4 is 11.2 Å². The monoisotopic (exact) mass is 230 g/mol. The van der Waals surface area contributed by atoms with Gasteiger partial charge in [0.05, 0.1) is 6.54 Å². The van der Waals surface area contributed by atoms with Crippen LogP contribution >= 0.6 is 0 Å². The summed E-state index contributed by atoms with van der Waals surface area (Å²) in [5, 5.41) is 0. The van der Waals surface area contributed by atoms with Gasteiger partial charge in [-0.05, 0) is 18.1 Å². The zero-order valence-corrected chi connectivity index (χ0v) is 9.88. The van der Waals surface area contributed by atoms with Crippen molar-refractivity contribution in [3.8, 4) is 0 Å². The highest BCUT2D eigenvalue weighted by atomic mass is 16.2. The van der Waals surface area contributed by atoms with Gasteiger partial charge in [0.15, 0.2) is 0 Å². The van der Waals surface area contributed by atoms with Crippen LogP contribution in [0.5, 0.6) is 0 Å². The Kier molecular flexibility index (Phi) is 2.95. The Morgan fingerprint density at radius 3 is 2.53 bits per heavy atom. The smallest absolute Gasteiger partial charge is 0.303 e. The Balaban J connectivity index is 2.51. The highest BCUT2D eigenvalue weighted by molar-refractivity contribution is 5.25. The van der Waals surface area contributed by atoms with E-state index in [1.165, 1.54) is 21.4 Å². The van der Waals surface area contributed by atoms with Gasteiger partial charge < -0.3 is 4.57 Å². The van der Waals surface area contributed by atoms with Gasteiger partial charge >= 0.3 is 5.69 Å². The van der Waals surface area contributed by atoms with E-state index in [2.05, 4.69) is 0 Å². The fraction of sp³-hybridized carbons (Fsp3) is 0.231. The predicted molar refractivity (Wildman–Crippen MR) is 66.2 cm³/mol. The van der Waals surface area contributed by atoms with E-state index in [4.69, 9.17) is 0 Å². The summed E-state index contributed by atoms with van der Waals surface area (Å²) < 4.78 is 2.64. The Hall–Kier alpha value is -2.10. The number of aromatic nitrogens is 2. The standard InChI is InChI=1S/C13H14N2O2/c1-10-5-3-4-6-11(10)9-15-12(16)7-8-14(2)13(15)17/h3-8H,9H2,1-2H3. The zero-order chi connectivity index (χ0) is 12.4. The number of hydrogen-bond donors (Lipinski definition) is 0. The van der Waals surface area contributed by atoms with E-state index < -0.39 is 0 Å². The molecule has 0 atom stereocenters. The van der Waals surface area contributed by atoms with Crippen molar-refractivity contribution in [1.82, 2.24) is 9.13 Å². The molecule has 0 aliphatic heterocycles. The molecule has 88 valence electrons. The second kappa shape index (κ2) is 4.41. The van der Waals surface area contributed by atoms with Gasteiger partial charge in [0.2, 0.25) is 0 Å². The molecule has 0 fully saturated rings. The first-order valence-electron chi connectivity index (χ1n) is 5.40. The lowest BCUT2D eigenvalue weighted by Gasteiger charge is -2.08. The largest absolute Gasteiger partial charge is 0.331 e. The Bertz CT molecular complexity index is 653. The molecular formula is C13H14N2O2. The fourth-order valence-electron chi connectivity index (χ4n) is 1.72. The first-order valence-corrected chi connectivity index (χ1v) is 5.40. The number of hydrogen-bond acceptors (Lipinski definition) is 2. The summed E-state index contributed by atoms with van der Waals surface area (Å²) in [6.45, 7) is 2.28. The molecule has 4 heteroatoms. The highest BCUT2D eigenvalue weighted by Crippen LogP contribution is 2.06. The van der Waals surface area contributed by atoms with E-state index in [9.17, 15) is 9.59 Å². The molecule has 0 unspecified atom stereocenters. The van der Waals surface area contributed by atoms with Crippen LogP contribution in [0, 0.1) is 6.92 Å². The van der Waals surface area contributed by atoms with Crippen molar-refractivity contribution in [2.75, 3.05) is 0 Å². The molecule has 0 saturated heterocycles. The van der Waals surface area contributed by atoms with Gasteiger partial charge in [0.1, 0.15) is 0 Å². The molecule has 17 heavy (non-hydrogen) atoms. The second-order valence-corrected chi connectivity index (χ2v) is 4.06. The van der Waals surface area contributed by atoms with Crippen molar-refractivity contribution in [3.63, 3.8) is 0 Å². The van der Waals surface area contributed by atoms with E-state index in [1.54, 1.807) is 7.05 Å². The molecule has 1 aromatic carbocycles. The fourth-order valence-corrected chi connectivity index (χ4v) is 1.72. The summed E-state index contributed by atoms with van der Waals surface area (Å²) in [6.07, 6.45) is 1.49. The molecule has 0 amide bonds. The van der Waals surface area contributed by atoms with Crippen molar-refractivity contribution < 1.29 is 0 Å². The lowest BCUT2D eigenvalue weighted by Crippen LogP contribution is -2.38. The Labute approximate surface area is 98.8 Å². The lowest BCUT2D eigenvalue weighted by molar-refractivity contribution is 0.638. The molecule has 2 rings (SSSR count).